The number of unbranched alkanes of at least 4 members (excludes halogenated alkanes) is 1. The lowest BCUT2D eigenvalue weighted by Gasteiger charge is -2.18. The first-order valence-corrected chi connectivity index (χ1v) is 9.01. The summed E-state index contributed by atoms with van der Waals surface area (Å²) in [5, 5.41) is 8.42. The van der Waals surface area contributed by atoms with Gasteiger partial charge in [-0.25, -0.2) is 0 Å². The van der Waals surface area contributed by atoms with E-state index in [1.54, 1.807) is 0 Å². The minimum atomic E-state index is 0.137. The van der Waals surface area contributed by atoms with E-state index in [-0.39, 0.29) is 5.41 Å². The van der Waals surface area contributed by atoms with E-state index >= 15 is 0 Å². The van der Waals surface area contributed by atoms with Crippen LogP contribution in [0.25, 0.3) is 22.9 Å². The average Bonchev–Trinajstić information content (AvgIpc) is 3.10. The van der Waals surface area contributed by atoms with E-state index < -0.39 is 0 Å². The predicted octanol–water partition coefficient (Wildman–Crippen LogP) is 6.04. The number of hydrogen-bond donors (Lipinski definition) is 0. The minimum absolute atomic E-state index is 0.137. The monoisotopic (exact) mass is 334 g/mol. The van der Waals surface area contributed by atoms with Crippen LogP contribution in [0.3, 0.4) is 0 Å². The third-order valence-corrected chi connectivity index (χ3v) is 4.44. The van der Waals surface area contributed by atoms with Crippen molar-refractivity contribution in [1.29, 1.82) is 0 Å². The highest BCUT2D eigenvalue weighted by atomic mass is 16.4. The molecule has 0 amide bonds. The molecule has 0 N–H and O–H groups in total. The molecular weight excluding hydrogens is 308 g/mol. The molecular formula is C22H26N2O. The molecule has 0 saturated heterocycles. The van der Waals surface area contributed by atoms with Crippen LogP contribution in [0, 0.1) is 0 Å². The molecule has 0 aliphatic carbocycles. The molecule has 3 aromatic rings. The third-order valence-electron chi connectivity index (χ3n) is 4.44. The fourth-order valence-corrected chi connectivity index (χ4v) is 2.76. The van der Waals surface area contributed by atoms with Crippen LogP contribution >= 0.6 is 0 Å². The Balaban J connectivity index is 1.78. The summed E-state index contributed by atoms with van der Waals surface area (Å²) in [5.74, 6) is 1.13. The van der Waals surface area contributed by atoms with E-state index in [0.29, 0.717) is 11.8 Å². The molecule has 0 aliphatic heterocycles. The topological polar surface area (TPSA) is 38.9 Å². The van der Waals surface area contributed by atoms with E-state index in [2.05, 4.69) is 74.3 Å². The second kappa shape index (κ2) is 7.22. The molecule has 0 aliphatic rings. The van der Waals surface area contributed by atoms with Crippen LogP contribution in [-0.4, -0.2) is 10.2 Å². The summed E-state index contributed by atoms with van der Waals surface area (Å²) in [4.78, 5) is 0. The molecule has 130 valence electrons. The summed E-state index contributed by atoms with van der Waals surface area (Å²) in [5.41, 5.74) is 4.69. The van der Waals surface area contributed by atoms with Crippen molar-refractivity contribution < 1.29 is 4.42 Å². The normalized spacial score (nSPS) is 11.7. The molecule has 0 saturated carbocycles. The van der Waals surface area contributed by atoms with E-state index in [1.165, 1.54) is 24.0 Å². The number of hydrogen-bond acceptors (Lipinski definition) is 3. The van der Waals surface area contributed by atoms with Crippen LogP contribution in [-0.2, 0) is 11.8 Å². The van der Waals surface area contributed by atoms with Crippen molar-refractivity contribution in [3.05, 3.63) is 59.7 Å². The Morgan fingerprint density at radius 1 is 0.800 bits per heavy atom. The highest BCUT2D eigenvalue weighted by molar-refractivity contribution is 5.58. The molecule has 3 rings (SSSR count). The van der Waals surface area contributed by atoms with Crippen LogP contribution in [0.5, 0.6) is 0 Å². The van der Waals surface area contributed by atoms with Crippen LogP contribution in [0.15, 0.2) is 52.9 Å². The van der Waals surface area contributed by atoms with Crippen molar-refractivity contribution in [2.75, 3.05) is 0 Å². The molecule has 0 radical (unpaired) electrons. The molecule has 25 heavy (non-hydrogen) atoms. The Labute approximate surface area is 150 Å². The maximum absolute atomic E-state index is 5.88. The SMILES string of the molecule is CCCCc1ccc(-c2nnc(-c3ccc(C(C)(C)C)cc3)o2)cc1. The second-order valence-electron chi connectivity index (χ2n) is 7.54. The summed E-state index contributed by atoms with van der Waals surface area (Å²) in [6.45, 7) is 8.83. The molecule has 1 aromatic heterocycles. The van der Waals surface area contributed by atoms with Crippen molar-refractivity contribution in [3.8, 4) is 22.9 Å². The van der Waals surface area contributed by atoms with Crippen LogP contribution in [0.2, 0.25) is 0 Å². The van der Waals surface area contributed by atoms with Gasteiger partial charge in [0.2, 0.25) is 11.8 Å². The predicted molar refractivity (Wildman–Crippen MR) is 102 cm³/mol. The van der Waals surface area contributed by atoms with E-state index in [4.69, 9.17) is 4.42 Å². The molecule has 0 fully saturated rings. The van der Waals surface area contributed by atoms with Gasteiger partial charge in [0, 0.05) is 11.1 Å². The number of nitrogens with zero attached hydrogens (tertiary/aromatic N) is 2. The van der Waals surface area contributed by atoms with Gasteiger partial charge < -0.3 is 4.42 Å². The van der Waals surface area contributed by atoms with Gasteiger partial charge in [0.1, 0.15) is 0 Å². The van der Waals surface area contributed by atoms with Crippen LogP contribution in [0.4, 0.5) is 0 Å². The van der Waals surface area contributed by atoms with Gasteiger partial charge in [-0.3, -0.25) is 0 Å². The van der Waals surface area contributed by atoms with Crippen molar-refractivity contribution in [2.45, 2.75) is 52.4 Å². The molecule has 0 unspecified atom stereocenters. The molecule has 3 nitrogen and oxygen atoms in total. The Morgan fingerprint density at radius 2 is 1.32 bits per heavy atom. The lowest BCUT2D eigenvalue weighted by molar-refractivity contribution is 0.582. The number of aryl methyl sites for hydroxylation is 1. The van der Waals surface area contributed by atoms with Crippen molar-refractivity contribution in [2.24, 2.45) is 0 Å². The maximum Gasteiger partial charge on any atom is 0.248 e. The van der Waals surface area contributed by atoms with Gasteiger partial charge in [-0.15, -0.1) is 10.2 Å². The van der Waals surface area contributed by atoms with E-state index in [9.17, 15) is 0 Å². The maximum atomic E-state index is 5.88. The molecule has 0 spiro atoms. The summed E-state index contributed by atoms with van der Waals surface area (Å²) in [7, 11) is 0. The van der Waals surface area contributed by atoms with Gasteiger partial charge in [-0.1, -0.05) is 58.4 Å². The quantitative estimate of drug-likeness (QED) is 0.570. The minimum Gasteiger partial charge on any atom is -0.416 e. The Bertz CT molecular complexity index is 808. The van der Waals surface area contributed by atoms with Crippen molar-refractivity contribution >= 4 is 0 Å². The fraction of sp³-hybridized carbons (Fsp3) is 0.364. The fourth-order valence-electron chi connectivity index (χ4n) is 2.76. The van der Waals surface area contributed by atoms with Crippen molar-refractivity contribution in [1.82, 2.24) is 10.2 Å². The smallest absolute Gasteiger partial charge is 0.248 e. The Morgan fingerprint density at radius 3 is 1.80 bits per heavy atom. The zero-order chi connectivity index (χ0) is 17.9. The van der Waals surface area contributed by atoms with Gasteiger partial charge in [0.05, 0.1) is 0 Å². The first-order chi connectivity index (χ1) is 12.0. The van der Waals surface area contributed by atoms with Gasteiger partial charge in [-0.2, -0.15) is 0 Å². The Kier molecular flexibility index (Phi) is 5.03. The first-order valence-electron chi connectivity index (χ1n) is 9.01. The van der Waals surface area contributed by atoms with Gasteiger partial charge in [-0.05, 0) is 53.6 Å². The lowest BCUT2D eigenvalue weighted by Crippen LogP contribution is -2.10. The molecule has 0 atom stereocenters. The Hall–Kier alpha value is -2.42. The van der Waals surface area contributed by atoms with Crippen LogP contribution in [0.1, 0.15) is 51.7 Å². The number of aromatic nitrogens is 2. The van der Waals surface area contributed by atoms with Crippen molar-refractivity contribution in [3.63, 3.8) is 0 Å². The molecule has 2 aromatic carbocycles. The summed E-state index contributed by atoms with van der Waals surface area (Å²) < 4.78 is 5.88. The standard InChI is InChI=1S/C22H26N2O/c1-5-6-7-16-8-10-17(11-9-16)20-23-24-21(25-20)18-12-14-19(15-13-18)22(2,3)4/h8-15H,5-7H2,1-4H3. The summed E-state index contributed by atoms with van der Waals surface area (Å²) in [6.07, 6.45) is 3.55. The average molecular weight is 334 g/mol. The number of benzene rings is 2. The third kappa shape index (κ3) is 4.16. The van der Waals surface area contributed by atoms with Crippen LogP contribution < -0.4 is 0 Å². The van der Waals surface area contributed by atoms with Gasteiger partial charge in [0.25, 0.3) is 0 Å². The highest BCUT2D eigenvalue weighted by Gasteiger charge is 2.15. The summed E-state index contributed by atoms with van der Waals surface area (Å²) in [6, 6.07) is 16.8. The first kappa shape index (κ1) is 17.4. The zero-order valence-electron chi connectivity index (χ0n) is 15.5. The summed E-state index contributed by atoms with van der Waals surface area (Å²) >= 11 is 0. The lowest BCUT2D eigenvalue weighted by atomic mass is 9.87. The molecule has 3 heteroatoms. The molecule has 1 heterocycles. The largest absolute Gasteiger partial charge is 0.416 e. The molecule has 0 bridgehead atoms. The van der Waals surface area contributed by atoms with Gasteiger partial charge >= 0.3 is 0 Å². The number of rotatable bonds is 5. The highest BCUT2D eigenvalue weighted by Crippen LogP contribution is 2.27. The van der Waals surface area contributed by atoms with Gasteiger partial charge in [0.15, 0.2) is 0 Å². The van der Waals surface area contributed by atoms with E-state index in [1.807, 2.05) is 12.1 Å². The second-order valence-corrected chi connectivity index (χ2v) is 7.54. The van der Waals surface area contributed by atoms with E-state index in [0.717, 1.165) is 17.5 Å². The zero-order valence-corrected chi connectivity index (χ0v) is 15.5.